The highest BCUT2D eigenvalue weighted by Gasteiger charge is 2.19. The van der Waals surface area contributed by atoms with Crippen LogP contribution in [0.5, 0.6) is 0 Å². The molecule has 0 radical (unpaired) electrons. The highest BCUT2D eigenvalue weighted by Crippen LogP contribution is 2.14. The van der Waals surface area contributed by atoms with Crippen molar-refractivity contribution in [3.05, 3.63) is 0 Å². The van der Waals surface area contributed by atoms with Crippen LogP contribution in [-0.4, -0.2) is 28.4 Å². The molecule has 0 N–H and O–H groups in total. The number of ether oxygens (including phenoxy) is 1. The lowest BCUT2D eigenvalue weighted by atomic mass is 10.1. The van der Waals surface area contributed by atoms with E-state index in [4.69, 9.17) is 4.74 Å². The van der Waals surface area contributed by atoms with E-state index in [2.05, 4.69) is 4.40 Å². The third kappa shape index (κ3) is 3.56. The first-order valence-electron chi connectivity index (χ1n) is 4.54. The molecular formula is C9H17NO2S. The van der Waals surface area contributed by atoms with E-state index in [0.29, 0.717) is 5.92 Å². The molecule has 0 amide bonds. The van der Waals surface area contributed by atoms with Crippen LogP contribution in [0.25, 0.3) is 0 Å². The van der Waals surface area contributed by atoms with E-state index in [1.165, 1.54) is 0 Å². The number of hydrogen-bond donors (Lipinski definition) is 0. The van der Waals surface area contributed by atoms with Crippen LogP contribution >= 0.6 is 0 Å². The summed E-state index contributed by atoms with van der Waals surface area (Å²) < 4.78 is 20.5. The van der Waals surface area contributed by atoms with E-state index >= 15 is 0 Å². The van der Waals surface area contributed by atoms with E-state index in [1.54, 1.807) is 6.21 Å². The highest BCUT2D eigenvalue weighted by molar-refractivity contribution is 7.85. The summed E-state index contributed by atoms with van der Waals surface area (Å²) in [5.74, 6) is 0.367. The molecule has 0 bridgehead atoms. The van der Waals surface area contributed by atoms with E-state index in [9.17, 15) is 4.21 Å². The third-order valence-electron chi connectivity index (χ3n) is 1.86. The zero-order valence-electron chi connectivity index (χ0n) is 8.45. The van der Waals surface area contributed by atoms with Crippen LogP contribution in [0.15, 0.2) is 4.40 Å². The molecule has 1 heterocycles. The van der Waals surface area contributed by atoms with Gasteiger partial charge in [0.25, 0.3) is 0 Å². The highest BCUT2D eigenvalue weighted by atomic mass is 32.2. The van der Waals surface area contributed by atoms with Crippen molar-refractivity contribution in [1.29, 1.82) is 0 Å². The van der Waals surface area contributed by atoms with Crippen LogP contribution in [-0.2, 0) is 15.7 Å². The van der Waals surface area contributed by atoms with Gasteiger partial charge in [0.05, 0.1) is 11.4 Å². The fraction of sp³-hybridized carbons (Fsp3) is 0.889. The van der Waals surface area contributed by atoms with Gasteiger partial charge in [0.1, 0.15) is 11.0 Å². The lowest BCUT2D eigenvalue weighted by molar-refractivity contribution is 0.193. The first kappa shape index (κ1) is 10.9. The molecule has 0 aromatic heterocycles. The smallest absolute Gasteiger partial charge is 0.144 e. The van der Waals surface area contributed by atoms with Gasteiger partial charge in [-0.15, -0.1) is 0 Å². The van der Waals surface area contributed by atoms with Crippen molar-refractivity contribution in [2.24, 2.45) is 10.3 Å². The van der Waals surface area contributed by atoms with Gasteiger partial charge < -0.3 is 4.74 Å². The molecule has 0 saturated carbocycles. The fourth-order valence-electron chi connectivity index (χ4n) is 0.970. The molecule has 0 spiro atoms. The Morgan fingerprint density at radius 2 is 2.23 bits per heavy atom. The minimum Gasteiger partial charge on any atom is -0.381 e. The Kier molecular flexibility index (Phi) is 3.62. The van der Waals surface area contributed by atoms with Gasteiger partial charge in [-0.2, -0.15) is 4.40 Å². The van der Waals surface area contributed by atoms with Crippen LogP contribution in [0.1, 0.15) is 27.2 Å². The van der Waals surface area contributed by atoms with Crippen LogP contribution in [0.4, 0.5) is 0 Å². The normalized spacial score (nSPS) is 26.8. The fourth-order valence-corrected chi connectivity index (χ4v) is 1.57. The Labute approximate surface area is 82.2 Å². The van der Waals surface area contributed by atoms with Crippen molar-refractivity contribution in [3.8, 4) is 0 Å². The van der Waals surface area contributed by atoms with Crippen LogP contribution in [0.2, 0.25) is 0 Å². The van der Waals surface area contributed by atoms with Crippen LogP contribution in [0.3, 0.4) is 0 Å². The Bertz CT molecular complexity index is 214. The van der Waals surface area contributed by atoms with E-state index < -0.39 is 11.0 Å². The Morgan fingerprint density at radius 3 is 2.69 bits per heavy atom. The summed E-state index contributed by atoms with van der Waals surface area (Å²) in [6.45, 7) is 7.30. The molecule has 0 aromatic rings. The molecular weight excluding hydrogens is 186 g/mol. The van der Waals surface area contributed by atoms with E-state index in [0.717, 1.165) is 19.6 Å². The van der Waals surface area contributed by atoms with Crippen molar-refractivity contribution in [3.63, 3.8) is 0 Å². The SMILES string of the molecule is CC(C)(C)[S@](=O)/N=C/C1CCOC1. The Hall–Kier alpha value is -0.220. The van der Waals surface area contributed by atoms with Gasteiger partial charge in [0, 0.05) is 18.7 Å². The monoisotopic (exact) mass is 203 g/mol. The molecule has 2 atom stereocenters. The summed E-state index contributed by atoms with van der Waals surface area (Å²) in [5.41, 5.74) is 0. The average molecular weight is 203 g/mol. The van der Waals surface area contributed by atoms with Crippen molar-refractivity contribution in [2.45, 2.75) is 31.9 Å². The first-order valence-corrected chi connectivity index (χ1v) is 5.65. The third-order valence-corrected chi connectivity index (χ3v) is 3.22. The Balaban J connectivity index is 2.43. The van der Waals surface area contributed by atoms with E-state index in [1.807, 2.05) is 20.8 Å². The predicted octanol–water partition coefficient (Wildman–Crippen LogP) is 1.56. The van der Waals surface area contributed by atoms with Crippen molar-refractivity contribution >= 4 is 17.2 Å². The van der Waals surface area contributed by atoms with Gasteiger partial charge in [-0.3, -0.25) is 0 Å². The van der Waals surface area contributed by atoms with Gasteiger partial charge in [-0.1, -0.05) is 0 Å². The van der Waals surface area contributed by atoms with Gasteiger partial charge in [0.2, 0.25) is 0 Å². The minimum atomic E-state index is -1.12. The quantitative estimate of drug-likeness (QED) is 0.639. The van der Waals surface area contributed by atoms with Gasteiger partial charge in [0.15, 0.2) is 0 Å². The molecule has 1 aliphatic rings. The number of hydrogen-bond acceptors (Lipinski definition) is 2. The second-order valence-electron chi connectivity index (χ2n) is 4.24. The van der Waals surface area contributed by atoms with Crippen LogP contribution in [0, 0.1) is 5.92 Å². The molecule has 1 saturated heterocycles. The summed E-state index contributed by atoms with van der Waals surface area (Å²) in [7, 11) is -1.12. The molecule has 0 aliphatic carbocycles. The number of nitrogens with zero attached hydrogens (tertiary/aromatic N) is 1. The van der Waals surface area contributed by atoms with Gasteiger partial charge in [-0.05, 0) is 27.2 Å². The second-order valence-corrected chi connectivity index (χ2v) is 6.17. The zero-order valence-corrected chi connectivity index (χ0v) is 9.26. The van der Waals surface area contributed by atoms with Crippen molar-refractivity contribution in [1.82, 2.24) is 0 Å². The Morgan fingerprint density at radius 1 is 1.54 bits per heavy atom. The van der Waals surface area contributed by atoms with E-state index in [-0.39, 0.29) is 4.75 Å². The van der Waals surface area contributed by atoms with Crippen molar-refractivity contribution in [2.75, 3.05) is 13.2 Å². The molecule has 3 nitrogen and oxygen atoms in total. The standard InChI is InChI=1S/C9H17NO2S/c1-9(2,3)13(11)10-6-8-4-5-12-7-8/h6,8H,4-5,7H2,1-3H3/b10-6+/t8?,13-/m0/s1. The summed E-state index contributed by atoms with van der Waals surface area (Å²) >= 11 is 0. The first-order chi connectivity index (χ1) is 6.00. The maximum Gasteiger partial charge on any atom is 0.144 e. The van der Waals surface area contributed by atoms with Crippen LogP contribution < -0.4 is 0 Å². The molecule has 13 heavy (non-hydrogen) atoms. The molecule has 1 unspecified atom stereocenters. The maximum atomic E-state index is 11.5. The maximum absolute atomic E-state index is 11.5. The molecule has 76 valence electrons. The number of rotatable bonds is 2. The lowest BCUT2D eigenvalue weighted by Gasteiger charge is -2.13. The summed E-state index contributed by atoms with van der Waals surface area (Å²) in [6, 6.07) is 0. The average Bonchev–Trinajstić information content (AvgIpc) is 2.50. The molecule has 4 heteroatoms. The van der Waals surface area contributed by atoms with Gasteiger partial charge in [-0.25, -0.2) is 4.21 Å². The largest absolute Gasteiger partial charge is 0.381 e. The zero-order chi connectivity index (χ0) is 9.90. The molecule has 0 aromatic carbocycles. The molecule has 1 aliphatic heterocycles. The predicted molar refractivity (Wildman–Crippen MR) is 55.3 cm³/mol. The second kappa shape index (κ2) is 4.33. The van der Waals surface area contributed by atoms with Gasteiger partial charge >= 0.3 is 0 Å². The minimum absolute atomic E-state index is 0.254. The van der Waals surface area contributed by atoms with Crippen molar-refractivity contribution < 1.29 is 8.95 Å². The summed E-state index contributed by atoms with van der Waals surface area (Å²) in [5, 5.41) is 0. The molecule has 1 fully saturated rings. The topological polar surface area (TPSA) is 38.7 Å². The lowest BCUT2D eigenvalue weighted by Crippen LogP contribution is -2.20. The summed E-state index contributed by atoms with van der Waals surface area (Å²) in [4.78, 5) is 0. The summed E-state index contributed by atoms with van der Waals surface area (Å²) in [6.07, 6.45) is 2.79. The molecule has 1 rings (SSSR count).